The van der Waals surface area contributed by atoms with Gasteiger partial charge in [0.1, 0.15) is 5.82 Å². The molecule has 1 aromatic carbocycles. The predicted octanol–water partition coefficient (Wildman–Crippen LogP) is 4.84. The second kappa shape index (κ2) is 5.52. The molecule has 0 heterocycles. The van der Waals surface area contributed by atoms with Crippen molar-refractivity contribution >= 4 is 21.7 Å². The molecule has 0 N–H and O–H groups in total. The molecular formula is C15H18BrFO. The van der Waals surface area contributed by atoms with Gasteiger partial charge in [-0.3, -0.25) is 4.79 Å². The summed E-state index contributed by atoms with van der Waals surface area (Å²) in [6, 6.07) is 4.31. The average molecular weight is 313 g/mol. The van der Waals surface area contributed by atoms with Crippen LogP contribution in [0.15, 0.2) is 22.7 Å². The molecule has 0 aliphatic heterocycles. The van der Waals surface area contributed by atoms with E-state index in [9.17, 15) is 9.18 Å². The topological polar surface area (TPSA) is 17.1 Å². The molecule has 2 unspecified atom stereocenters. The van der Waals surface area contributed by atoms with E-state index in [1.165, 1.54) is 18.6 Å². The van der Waals surface area contributed by atoms with E-state index < -0.39 is 0 Å². The number of halogens is 2. The first-order valence-corrected chi connectivity index (χ1v) is 7.26. The van der Waals surface area contributed by atoms with Crippen LogP contribution >= 0.6 is 15.9 Å². The van der Waals surface area contributed by atoms with Crippen LogP contribution in [0.2, 0.25) is 0 Å². The number of hydrogen-bond acceptors (Lipinski definition) is 1. The predicted molar refractivity (Wildman–Crippen MR) is 74.1 cm³/mol. The van der Waals surface area contributed by atoms with Gasteiger partial charge in [-0.1, -0.05) is 13.8 Å². The molecule has 1 aliphatic rings. The molecule has 1 fully saturated rings. The standard InChI is InChI=1S/C15H18BrFO/c1-9-5-10(2)7-11(6-9)15(18)13-4-3-12(17)8-14(13)16/h3-4,8-11H,5-7H2,1-2H3. The van der Waals surface area contributed by atoms with Gasteiger partial charge in [-0.15, -0.1) is 0 Å². The quantitative estimate of drug-likeness (QED) is 0.714. The molecule has 1 nitrogen and oxygen atoms in total. The molecule has 18 heavy (non-hydrogen) atoms. The van der Waals surface area contributed by atoms with E-state index in [2.05, 4.69) is 29.8 Å². The van der Waals surface area contributed by atoms with Gasteiger partial charge in [0.15, 0.2) is 5.78 Å². The summed E-state index contributed by atoms with van der Waals surface area (Å²) in [4.78, 5) is 12.5. The number of carbonyl (C=O) groups excluding carboxylic acids is 1. The zero-order valence-corrected chi connectivity index (χ0v) is 12.3. The van der Waals surface area contributed by atoms with E-state index in [-0.39, 0.29) is 17.5 Å². The average Bonchev–Trinajstić information content (AvgIpc) is 2.26. The van der Waals surface area contributed by atoms with Gasteiger partial charge in [-0.2, -0.15) is 0 Å². The lowest BCUT2D eigenvalue weighted by Gasteiger charge is -2.30. The zero-order valence-electron chi connectivity index (χ0n) is 10.7. The molecule has 0 spiro atoms. The van der Waals surface area contributed by atoms with Crippen LogP contribution in [-0.2, 0) is 0 Å². The summed E-state index contributed by atoms with van der Waals surface area (Å²) >= 11 is 3.28. The van der Waals surface area contributed by atoms with E-state index in [1.54, 1.807) is 6.07 Å². The maximum atomic E-state index is 13.0. The Bertz CT molecular complexity index is 448. The van der Waals surface area contributed by atoms with Crippen molar-refractivity contribution in [3.63, 3.8) is 0 Å². The van der Waals surface area contributed by atoms with Crippen molar-refractivity contribution in [1.29, 1.82) is 0 Å². The maximum absolute atomic E-state index is 13.0. The second-order valence-corrected chi connectivity index (χ2v) is 6.46. The Kier molecular flexibility index (Phi) is 4.21. The van der Waals surface area contributed by atoms with Crippen molar-refractivity contribution < 1.29 is 9.18 Å². The molecule has 1 saturated carbocycles. The third-order valence-corrected chi connectivity index (χ3v) is 4.40. The summed E-state index contributed by atoms with van der Waals surface area (Å²) in [6.45, 7) is 4.41. The normalized spacial score (nSPS) is 28.1. The number of hydrogen-bond donors (Lipinski definition) is 0. The van der Waals surface area contributed by atoms with Crippen molar-refractivity contribution in [3.8, 4) is 0 Å². The van der Waals surface area contributed by atoms with Crippen LogP contribution < -0.4 is 0 Å². The van der Waals surface area contributed by atoms with Crippen LogP contribution in [0.25, 0.3) is 0 Å². The Morgan fingerprint density at radius 2 is 1.83 bits per heavy atom. The minimum Gasteiger partial charge on any atom is -0.294 e. The molecule has 98 valence electrons. The van der Waals surface area contributed by atoms with E-state index in [1.807, 2.05) is 0 Å². The van der Waals surface area contributed by atoms with Crippen LogP contribution in [-0.4, -0.2) is 5.78 Å². The molecule has 2 rings (SSSR count). The molecule has 0 aromatic heterocycles. The van der Waals surface area contributed by atoms with Gasteiger partial charge in [0.25, 0.3) is 0 Å². The summed E-state index contributed by atoms with van der Waals surface area (Å²) < 4.78 is 13.6. The van der Waals surface area contributed by atoms with Gasteiger partial charge in [-0.05, 0) is 65.2 Å². The lowest BCUT2D eigenvalue weighted by atomic mass is 9.74. The van der Waals surface area contributed by atoms with Crippen molar-refractivity contribution in [2.24, 2.45) is 17.8 Å². The first-order chi connectivity index (χ1) is 8.47. The fourth-order valence-electron chi connectivity index (χ4n) is 3.07. The number of benzene rings is 1. The molecule has 0 saturated heterocycles. The van der Waals surface area contributed by atoms with E-state index in [4.69, 9.17) is 0 Å². The Labute approximate surface area is 116 Å². The highest BCUT2D eigenvalue weighted by molar-refractivity contribution is 9.10. The second-order valence-electron chi connectivity index (χ2n) is 5.60. The van der Waals surface area contributed by atoms with Crippen molar-refractivity contribution in [2.75, 3.05) is 0 Å². The van der Waals surface area contributed by atoms with Crippen LogP contribution in [0, 0.1) is 23.6 Å². The Morgan fingerprint density at radius 3 is 2.39 bits per heavy atom. The van der Waals surface area contributed by atoms with Gasteiger partial charge >= 0.3 is 0 Å². The summed E-state index contributed by atoms with van der Waals surface area (Å²) in [7, 11) is 0. The van der Waals surface area contributed by atoms with Crippen LogP contribution in [0.4, 0.5) is 4.39 Å². The Morgan fingerprint density at radius 1 is 1.22 bits per heavy atom. The van der Waals surface area contributed by atoms with Crippen molar-refractivity contribution in [1.82, 2.24) is 0 Å². The number of ketones is 1. The summed E-state index contributed by atoms with van der Waals surface area (Å²) in [5.74, 6) is 1.12. The number of Topliss-reactive ketones (excluding diaryl/α,β-unsaturated/α-hetero) is 1. The van der Waals surface area contributed by atoms with Crippen molar-refractivity contribution in [3.05, 3.63) is 34.1 Å². The smallest absolute Gasteiger partial charge is 0.167 e. The molecule has 1 aromatic rings. The minimum absolute atomic E-state index is 0.0884. The Balaban J connectivity index is 2.20. The van der Waals surface area contributed by atoms with Crippen molar-refractivity contribution in [2.45, 2.75) is 33.1 Å². The van der Waals surface area contributed by atoms with Crippen LogP contribution in [0.5, 0.6) is 0 Å². The first kappa shape index (κ1) is 13.7. The monoisotopic (exact) mass is 312 g/mol. The highest BCUT2D eigenvalue weighted by Crippen LogP contribution is 2.35. The highest BCUT2D eigenvalue weighted by Gasteiger charge is 2.30. The minimum atomic E-state index is -0.316. The number of carbonyl (C=O) groups is 1. The zero-order chi connectivity index (χ0) is 13.3. The van der Waals surface area contributed by atoms with Gasteiger partial charge < -0.3 is 0 Å². The van der Waals surface area contributed by atoms with Crippen LogP contribution in [0.3, 0.4) is 0 Å². The lowest BCUT2D eigenvalue weighted by molar-refractivity contribution is 0.0835. The molecule has 0 radical (unpaired) electrons. The third kappa shape index (κ3) is 3.00. The summed E-state index contributed by atoms with van der Waals surface area (Å²) in [6.07, 6.45) is 3.11. The van der Waals surface area contributed by atoms with Gasteiger partial charge in [0, 0.05) is 16.0 Å². The highest BCUT2D eigenvalue weighted by atomic mass is 79.9. The molecule has 1 aliphatic carbocycles. The molecular weight excluding hydrogens is 295 g/mol. The SMILES string of the molecule is CC1CC(C)CC(C(=O)c2ccc(F)cc2Br)C1. The molecule has 0 amide bonds. The Hall–Kier alpha value is -0.700. The molecule has 2 atom stereocenters. The fraction of sp³-hybridized carbons (Fsp3) is 0.533. The summed E-state index contributed by atoms with van der Waals surface area (Å²) in [5, 5.41) is 0. The first-order valence-electron chi connectivity index (χ1n) is 6.46. The van der Waals surface area contributed by atoms with E-state index >= 15 is 0 Å². The summed E-state index contributed by atoms with van der Waals surface area (Å²) in [5.41, 5.74) is 0.614. The molecule has 0 bridgehead atoms. The van der Waals surface area contributed by atoms with Gasteiger partial charge in [0.05, 0.1) is 0 Å². The lowest BCUT2D eigenvalue weighted by Crippen LogP contribution is -2.26. The largest absolute Gasteiger partial charge is 0.294 e. The van der Waals surface area contributed by atoms with Crippen LogP contribution in [0.1, 0.15) is 43.5 Å². The third-order valence-electron chi connectivity index (χ3n) is 3.75. The molecule has 3 heteroatoms. The fourth-order valence-corrected chi connectivity index (χ4v) is 3.62. The van der Waals surface area contributed by atoms with Gasteiger partial charge in [0.2, 0.25) is 0 Å². The maximum Gasteiger partial charge on any atom is 0.167 e. The van der Waals surface area contributed by atoms with E-state index in [0.29, 0.717) is 21.9 Å². The van der Waals surface area contributed by atoms with E-state index in [0.717, 1.165) is 12.8 Å². The number of rotatable bonds is 2. The van der Waals surface area contributed by atoms with Gasteiger partial charge in [-0.25, -0.2) is 4.39 Å².